The topological polar surface area (TPSA) is 52.6 Å². The minimum absolute atomic E-state index is 0.117. The maximum atomic E-state index is 14.2. The lowest BCUT2D eigenvalue weighted by Gasteiger charge is -2.53. The molecule has 0 saturated heterocycles. The molecule has 0 aliphatic heterocycles. The summed E-state index contributed by atoms with van der Waals surface area (Å²) in [5, 5.41) is 1.23. The van der Waals surface area contributed by atoms with Crippen molar-refractivity contribution in [3.8, 4) is 0 Å². The lowest BCUT2D eigenvalue weighted by Crippen LogP contribution is -2.73. The van der Waals surface area contributed by atoms with E-state index in [1.165, 1.54) is 29.5 Å². The molecule has 0 N–H and O–H groups in total. The minimum Gasteiger partial charge on any atom is -0.469 e. The first-order valence-electron chi connectivity index (χ1n) is 17.8. The zero-order chi connectivity index (χ0) is 34.7. The van der Waals surface area contributed by atoms with Crippen molar-refractivity contribution in [2.75, 3.05) is 20.3 Å². The van der Waals surface area contributed by atoms with E-state index in [4.69, 9.17) is 9.47 Å². The molecule has 2 aromatic carbocycles. The Morgan fingerprint density at radius 1 is 0.958 bits per heavy atom. The van der Waals surface area contributed by atoms with Gasteiger partial charge in [0, 0.05) is 12.8 Å². The Hall–Kier alpha value is -3.28. The third-order valence-corrected chi connectivity index (χ3v) is 18.8. The van der Waals surface area contributed by atoms with Crippen LogP contribution in [0.15, 0.2) is 108 Å². The molecule has 5 rings (SSSR count). The number of methoxy groups -OCH3 is 1. The highest BCUT2D eigenvalue weighted by molar-refractivity contribution is 7.08. The summed E-state index contributed by atoms with van der Waals surface area (Å²) in [6.45, 7) is 20.9. The second kappa shape index (κ2) is 14.3. The molecule has 0 heterocycles. The van der Waals surface area contributed by atoms with Gasteiger partial charge in [-0.15, -0.1) is 0 Å². The number of Topliss-reactive ketones (excluding diaryl/α,β-unsaturated/α-hetero) is 1. The van der Waals surface area contributed by atoms with Crippen LogP contribution < -0.4 is 10.4 Å². The number of carbonyl (C=O) groups is 2. The quantitative estimate of drug-likeness (QED) is 0.145. The Kier molecular flexibility index (Phi) is 10.7. The molecule has 2 unspecified atom stereocenters. The number of rotatable bonds is 10. The first-order valence-corrected chi connectivity index (χ1v) is 19.8. The van der Waals surface area contributed by atoms with E-state index in [-0.39, 0.29) is 23.0 Å². The minimum atomic E-state index is -2.94. The molecule has 3 fully saturated rings. The lowest BCUT2D eigenvalue weighted by atomic mass is 9.62. The summed E-state index contributed by atoms with van der Waals surface area (Å²) in [5.74, 6) is 0.932. The van der Waals surface area contributed by atoms with E-state index in [1.807, 2.05) is 12.1 Å². The maximum Gasteiger partial charge on any atom is 0.311 e. The van der Waals surface area contributed by atoms with E-state index in [2.05, 4.69) is 108 Å². The standard InChI is InChI=1S/C43H56O4Si/c1-31-21-24-35(44)28-34(31)23-22-33-16-15-27-42(6)38(25-26-39(33)42)32(2)29-47-30-43(7,40(45)46-8)48(41(3,4)5,36-17-11-9-12-18-36)37-19-13-10-14-20-37/h9-14,17-20,22-23,38-39H,1-2,15-16,21,24-30H2,3-8H3/t38-,39?,42-,43?/m1/s1. The van der Waals surface area contributed by atoms with Crippen molar-refractivity contribution < 1.29 is 19.1 Å². The van der Waals surface area contributed by atoms with Crippen LogP contribution in [0, 0.1) is 17.3 Å². The van der Waals surface area contributed by atoms with E-state index in [9.17, 15) is 9.59 Å². The molecule has 4 nitrogen and oxygen atoms in total. The van der Waals surface area contributed by atoms with Crippen molar-refractivity contribution in [3.05, 3.63) is 108 Å². The molecule has 0 bridgehead atoms. The first-order chi connectivity index (χ1) is 22.8. The highest BCUT2D eigenvalue weighted by Gasteiger charge is 2.64. The molecule has 3 aliphatic carbocycles. The van der Waals surface area contributed by atoms with Crippen molar-refractivity contribution in [1.29, 1.82) is 0 Å². The Morgan fingerprint density at radius 3 is 2.17 bits per heavy atom. The number of ketones is 1. The van der Waals surface area contributed by atoms with Gasteiger partial charge in [-0.3, -0.25) is 9.59 Å². The highest BCUT2D eigenvalue weighted by atomic mass is 28.3. The summed E-state index contributed by atoms with van der Waals surface area (Å²) in [6, 6.07) is 21.2. The number of allylic oxidation sites excluding steroid dienone is 5. The molecular formula is C43H56O4Si. The van der Waals surface area contributed by atoms with Crippen molar-refractivity contribution in [2.24, 2.45) is 17.3 Å². The predicted molar refractivity (Wildman–Crippen MR) is 200 cm³/mol. The van der Waals surface area contributed by atoms with Gasteiger partial charge in [-0.2, -0.15) is 0 Å². The van der Waals surface area contributed by atoms with Gasteiger partial charge >= 0.3 is 5.97 Å². The van der Waals surface area contributed by atoms with Crippen LogP contribution in [0.5, 0.6) is 0 Å². The van der Waals surface area contributed by atoms with E-state index >= 15 is 0 Å². The fourth-order valence-electron chi connectivity index (χ4n) is 10.1. The summed E-state index contributed by atoms with van der Waals surface area (Å²) >= 11 is 0. The van der Waals surface area contributed by atoms with Gasteiger partial charge < -0.3 is 9.47 Å². The molecule has 0 radical (unpaired) electrons. The maximum absolute atomic E-state index is 14.2. The van der Waals surface area contributed by atoms with Gasteiger partial charge in [-0.1, -0.05) is 135 Å². The average molecular weight is 665 g/mol. The number of hydrogen-bond acceptors (Lipinski definition) is 4. The molecule has 3 aliphatic rings. The van der Waals surface area contributed by atoms with Gasteiger partial charge in [-0.25, -0.2) is 0 Å². The average Bonchev–Trinajstić information content (AvgIpc) is 3.43. The van der Waals surface area contributed by atoms with E-state index in [0.717, 1.165) is 48.8 Å². The molecular weight excluding hydrogens is 609 g/mol. The smallest absolute Gasteiger partial charge is 0.311 e. The van der Waals surface area contributed by atoms with Crippen LogP contribution in [0.25, 0.3) is 0 Å². The van der Waals surface area contributed by atoms with Crippen LogP contribution in [-0.2, 0) is 19.1 Å². The highest BCUT2D eigenvalue weighted by Crippen LogP contribution is 2.59. The number of esters is 1. The van der Waals surface area contributed by atoms with Crippen LogP contribution in [0.1, 0.15) is 86.0 Å². The normalized spacial score (nSPS) is 26.3. The summed E-state index contributed by atoms with van der Waals surface area (Å²) in [5.41, 5.74) is 4.96. The number of ether oxygens (including phenoxy) is 2. The zero-order valence-electron chi connectivity index (χ0n) is 30.2. The Bertz CT molecular complexity index is 1540. The molecule has 0 aromatic heterocycles. The Balaban J connectivity index is 1.40. The third kappa shape index (κ3) is 6.41. The predicted octanol–water partition coefficient (Wildman–Crippen LogP) is 8.93. The molecule has 5 heteroatoms. The summed E-state index contributed by atoms with van der Waals surface area (Å²) < 4.78 is 12.4. The van der Waals surface area contributed by atoms with Crippen LogP contribution in [0.4, 0.5) is 0 Å². The van der Waals surface area contributed by atoms with Gasteiger partial charge in [0.1, 0.15) is 13.9 Å². The molecule has 48 heavy (non-hydrogen) atoms. The van der Waals surface area contributed by atoms with Gasteiger partial charge in [-0.05, 0) is 78.9 Å². The Morgan fingerprint density at radius 2 is 1.58 bits per heavy atom. The summed E-state index contributed by atoms with van der Waals surface area (Å²) in [7, 11) is -1.44. The molecule has 4 atom stereocenters. The van der Waals surface area contributed by atoms with Gasteiger partial charge in [0.25, 0.3) is 0 Å². The monoisotopic (exact) mass is 664 g/mol. The second-order valence-electron chi connectivity index (χ2n) is 16.0. The number of carbonyl (C=O) groups excluding carboxylic acids is 2. The van der Waals surface area contributed by atoms with Crippen LogP contribution >= 0.6 is 0 Å². The van der Waals surface area contributed by atoms with Crippen LogP contribution in [0.2, 0.25) is 10.1 Å². The third-order valence-electron chi connectivity index (χ3n) is 12.2. The van der Waals surface area contributed by atoms with Crippen LogP contribution in [0.3, 0.4) is 0 Å². The number of benzene rings is 2. The first kappa shape index (κ1) is 36.0. The summed E-state index contributed by atoms with van der Waals surface area (Å²) in [6.07, 6.45) is 12.1. The SMILES string of the molecule is C=C1CCC(=O)CC1=CC=C1CCC[C@@]2(C)C1CC[C@@H]2C(=C)COCC(C)(C(=O)OC)[Si](c1ccccc1)(c1ccccc1)C(C)(C)C. The van der Waals surface area contributed by atoms with Crippen molar-refractivity contribution in [2.45, 2.75) is 96.1 Å². The Labute approximate surface area is 290 Å². The second-order valence-corrected chi connectivity index (χ2v) is 21.3. The zero-order valence-corrected chi connectivity index (χ0v) is 31.2. The number of hydrogen-bond donors (Lipinski definition) is 0. The molecule has 256 valence electrons. The molecule has 2 aromatic rings. The van der Waals surface area contributed by atoms with Gasteiger partial charge in [0.05, 0.1) is 25.4 Å². The lowest BCUT2D eigenvalue weighted by molar-refractivity contribution is -0.146. The van der Waals surface area contributed by atoms with Crippen LogP contribution in [-0.4, -0.2) is 40.1 Å². The molecule has 0 spiro atoms. The van der Waals surface area contributed by atoms with Crippen molar-refractivity contribution >= 4 is 30.2 Å². The van der Waals surface area contributed by atoms with E-state index in [1.54, 1.807) is 0 Å². The molecule has 3 saturated carbocycles. The van der Waals surface area contributed by atoms with Gasteiger partial charge in [0.2, 0.25) is 0 Å². The number of fused-ring (bicyclic) bond motifs is 1. The largest absolute Gasteiger partial charge is 0.469 e. The fourth-order valence-corrected chi connectivity index (χ4v) is 17.2. The fraction of sp³-hybridized carbons (Fsp3) is 0.488. The van der Waals surface area contributed by atoms with Gasteiger partial charge in [0.15, 0.2) is 0 Å². The van der Waals surface area contributed by atoms with Crippen molar-refractivity contribution in [3.63, 3.8) is 0 Å². The van der Waals surface area contributed by atoms with E-state index in [0.29, 0.717) is 37.1 Å². The van der Waals surface area contributed by atoms with E-state index < -0.39 is 13.1 Å². The van der Waals surface area contributed by atoms with Crippen molar-refractivity contribution in [1.82, 2.24) is 0 Å². The molecule has 0 amide bonds. The summed E-state index contributed by atoms with van der Waals surface area (Å²) in [4.78, 5) is 26.3.